The molecule has 2 atom stereocenters. The highest BCUT2D eigenvalue weighted by Crippen LogP contribution is 2.31. The first kappa shape index (κ1) is 29.7. The third kappa shape index (κ3) is 7.36. The van der Waals surface area contributed by atoms with E-state index in [9.17, 15) is 24.4 Å². The standard InChI is InChI=1S/C28H44N4O6/c1-19-23(12-15-38-19)26(35)31-13-10-22(11-14-31)30(5)27(36)24(28(2,3)4)29-25(34)21(17-32(37)18-33)16-20-8-6-7-9-20/h12,15,18,20-22,24,37H,6-11,13-14,16-17H2,1-5H3,(H,29,34)/t21-,24-/m1/s1. The van der Waals surface area contributed by atoms with E-state index < -0.39 is 17.4 Å². The molecular weight excluding hydrogens is 488 g/mol. The van der Waals surface area contributed by atoms with Gasteiger partial charge in [0.2, 0.25) is 18.2 Å². The Morgan fingerprint density at radius 2 is 1.82 bits per heavy atom. The molecule has 3 rings (SSSR count). The molecular formula is C28H44N4O6. The Balaban J connectivity index is 1.65. The van der Waals surface area contributed by atoms with Crippen molar-refractivity contribution in [2.24, 2.45) is 17.3 Å². The fourth-order valence-corrected chi connectivity index (χ4v) is 5.71. The zero-order valence-electron chi connectivity index (χ0n) is 23.4. The molecule has 1 aromatic heterocycles. The van der Waals surface area contributed by atoms with E-state index in [-0.39, 0.29) is 30.3 Å². The molecule has 2 heterocycles. The van der Waals surface area contributed by atoms with Crippen molar-refractivity contribution in [1.82, 2.24) is 20.2 Å². The Morgan fingerprint density at radius 3 is 2.34 bits per heavy atom. The van der Waals surface area contributed by atoms with Crippen molar-refractivity contribution in [2.45, 2.75) is 84.7 Å². The summed E-state index contributed by atoms with van der Waals surface area (Å²) in [5, 5.41) is 13.3. The van der Waals surface area contributed by atoms with Crippen LogP contribution in [-0.2, 0) is 14.4 Å². The van der Waals surface area contributed by atoms with Gasteiger partial charge in [0.15, 0.2) is 0 Å². The van der Waals surface area contributed by atoms with Gasteiger partial charge in [-0.15, -0.1) is 0 Å². The van der Waals surface area contributed by atoms with Gasteiger partial charge >= 0.3 is 0 Å². The van der Waals surface area contributed by atoms with Crippen LogP contribution in [0.25, 0.3) is 0 Å². The number of likely N-dealkylation sites (N-methyl/N-ethyl adjacent to an activating group) is 1. The average molecular weight is 533 g/mol. The number of rotatable bonds is 10. The molecule has 0 bridgehead atoms. The summed E-state index contributed by atoms with van der Waals surface area (Å²) in [6.07, 6.45) is 7.96. The lowest BCUT2D eigenvalue weighted by Crippen LogP contribution is -2.58. The lowest BCUT2D eigenvalue weighted by molar-refractivity contribution is -0.156. The van der Waals surface area contributed by atoms with Crippen molar-refractivity contribution in [3.8, 4) is 0 Å². The third-order valence-corrected chi connectivity index (χ3v) is 8.13. The smallest absolute Gasteiger partial charge is 0.257 e. The van der Waals surface area contributed by atoms with Gasteiger partial charge in [-0.05, 0) is 43.6 Å². The van der Waals surface area contributed by atoms with Crippen LogP contribution in [0.1, 0.15) is 81.8 Å². The highest BCUT2D eigenvalue weighted by atomic mass is 16.5. The maximum absolute atomic E-state index is 13.7. The minimum atomic E-state index is -0.775. The van der Waals surface area contributed by atoms with Crippen LogP contribution in [0.3, 0.4) is 0 Å². The van der Waals surface area contributed by atoms with Gasteiger partial charge < -0.3 is 19.5 Å². The van der Waals surface area contributed by atoms with Gasteiger partial charge in [0.05, 0.1) is 24.3 Å². The SMILES string of the molecule is Cc1occc1C(=O)N1CCC(N(C)C(=O)[C@@H](NC(=O)[C@H](CC2CCCC2)CN(O)C=O)C(C)(C)C)CC1. The van der Waals surface area contributed by atoms with Crippen molar-refractivity contribution in [3.05, 3.63) is 23.7 Å². The predicted molar refractivity (Wildman–Crippen MR) is 141 cm³/mol. The Labute approximate surface area is 225 Å². The first-order valence-corrected chi connectivity index (χ1v) is 13.7. The molecule has 38 heavy (non-hydrogen) atoms. The van der Waals surface area contributed by atoms with Crippen molar-refractivity contribution < 1.29 is 28.8 Å². The fourth-order valence-electron chi connectivity index (χ4n) is 5.71. The quantitative estimate of drug-likeness (QED) is 0.271. The van der Waals surface area contributed by atoms with Gasteiger partial charge in [-0.2, -0.15) is 0 Å². The molecule has 0 unspecified atom stereocenters. The number of nitrogens with zero attached hydrogens (tertiary/aromatic N) is 3. The van der Waals surface area contributed by atoms with E-state index in [0.29, 0.717) is 61.1 Å². The highest BCUT2D eigenvalue weighted by Gasteiger charge is 2.39. The number of carbonyl (C=O) groups is 4. The topological polar surface area (TPSA) is 123 Å². The van der Waals surface area contributed by atoms with Crippen LogP contribution in [-0.4, -0.2) is 83.0 Å². The van der Waals surface area contributed by atoms with Crippen LogP contribution in [0.4, 0.5) is 0 Å². The number of hydrogen-bond acceptors (Lipinski definition) is 6. The second-order valence-electron chi connectivity index (χ2n) is 12.0. The zero-order chi connectivity index (χ0) is 28.0. The number of likely N-dealkylation sites (tertiary alicyclic amines) is 1. The summed E-state index contributed by atoms with van der Waals surface area (Å²) in [6.45, 7) is 8.45. The Morgan fingerprint density at radius 1 is 1.18 bits per heavy atom. The van der Waals surface area contributed by atoms with Crippen molar-refractivity contribution >= 4 is 24.1 Å². The second kappa shape index (κ2) is 12.8. The van der Waals surface area contributed by atoms with Crippen molar-refractivity contribution in [1.29, 1.82) is 0 Å². The van der Waals surface area contributed by atoms with Crippen LogP contribution in [0, 0.1) is 24.2 Å². The molecule has 1 aliphatic carbocycles. The summed E-state index contributed by atoms with van der Waals surface area (Å²) in [5.41, 5.74) is 0.00405. The van der Waals surface area contributed by atoms with E-state index in [0.717, 1.165) is 25.7 Å². The predicted octanol–water partition coefficient (Wildman–Crippen LogP) is 3.23. The lowest BCUT2D eigenvalue weighted by Gasteiger charge is -2.40. The highest BCUT2D eigenvalue weighted by molar-refractivity contribution is 5.95. The number of carbonyl (C=O) groups excluding carboxylic acids is 4. The largest absolute Gasteiger partial charge is 0.469 e. The molecule has 4 amide bonds. The van der Waals surface area contributed by atoms with Crippen LogP contribution in [0.2, 0.25) is 0 Å². The summed E-state index contributed by atoms with van der Waals surface area (Å²) in [4.78, 5) is 54.5. The van der Waals surface area contributed by atoms with Gasteiger partial charge in [0, 0.05) is 26.2 Å². The number of amides is 4. The van der Waals surface area contributed by atoms with Gasteiger partial charge in [0.1, 0.15) is 11.8 Å². The first-order valence-electron chi connectivity index (χ1n) is 13.7. The Kier molecular flexibility index (Phi) is 9.98. The maximum Gasteiger partial charge on any atom is 0.257 e. The minimum Gasteiger partial charge on any atom is -0.469 e. The molecule has 0 spiro atoms. The van der Waals surface area contributed by atoms with Gasteiger partial charge in [0.25, 0.3) is 5.91 Å². The van der Waals surface area contributed by atoms with E-state index in [2.05, 4.69) is 5.32 Å². The van der Waals surface area contributed by atoms with E-state index in [4.69, 9.17) is 4.42 Å². The first-order chi connectivity index (χ1) is 17.9. The lowest BCUT2D eigenvalue weighted by atomic mass is 9.84. The number of aryl methyl sites for hydroxylation is 1. The van der Waals surface area contributed by atoms with Gasteiger partial charge in [-0.3, -0.25) is 24.4 Å². The monoisotopic (exact) mass is 532 g/mol. The van der Waals surface area contributed by atoms with Crippen LogP contribution >= 0.6 is 0 Å². The zero-order valence-corrected chi connectivity index (χ0v) is 23.4. The molecule has 2 fully saturated rings. The minimum absolute atomic E-state index is 0.0592. The molecule has 10 heteroatoms. The van der Waals surface area contributed by atoms with E-state index >= 15 is 0 Å². The van der Waals surface area contributed by atoms with Crippen LogP contribution < -0.4 is 5.32 Å². The van der Waals surface area contributed by atoms with Crippen molar-refractivity contribution in [2.75, 3.05) is 26.7 Å². The molecule has 1 saturated carbocycles. The number of hydrogen-bond donors (Lipinski definition) is 2. The van der Waals surface area contributed by atoms with Gasteiger partial charge in [-0.25, -0.2) is 5.06 Å². The Bertz CT molecular complexity index is 972. The summed E-state index contributed by atoms with van der Waals surface area (Å²) >= 11 is 0. The van der Waals surface area contributed by atoms with Crippen LogP contribution in [0.5, 0.6) is 0 Å². The van der Waals surface area contributed by atoms with E-state index in [1.54, 1.807) is 29.8 Å². The molecule has 212 valence electrons. The third-order valence-electron chi connectivity index (χ3n) is 8.13. The number of nitrogens with one attached hydrogen (secondary N) is 1. The summed E-state index contributed by atoms with van der Waals surface area (Å²) < 4.78 is 5.27. The van der Waals surface area contributed by atoms with Gasteiger partial charge in [-0.1, -0.05) is 46.5 Å². The molecule has 2 aliphatic rings. The van der Waals surface area contributed by atoms with Crippen LogP contribution in [0.15, 0.2) is 16.7 Å². The number of furan rings is 1. The molecule has 10 nitrogen and oxygen atoms in total. The van der Waals surface area contributed by atoms with E-state index in [1.165, 1.54) is 6.26 Å². The summed E-state index contributed by atoms with van der Waals surface area (Å²) in [7, 11) is 1.76. The maximum atomic E-state index is 13.7. The summed E-state index contributed by atoms with van der Waals surface area (Å²) in [6, 6.07) is 0.847. The average Bonchev–Trinajstić information content (AvgIpc) is 3.56. The molecule has 0 aromatic carbocycles. The summed E-state index contributed by atoms with van der Waals surface area (Å²) in [5.74, 6) is -0.206. The molecule has 1 saturated heterocycles. The van der Waals surface area contributed by atoms with E-state index in [1.807, 2.05) is 20.8 Å². The number of piperidine rings is 1. The normalized spacial score (nSPS) is 18.6. The molecule has 2 N–H and O–H groups in total. The molecule has 1 aromatic rings. The molecule has 0 radical (unpaired) electrons. The number of hydroxylamine groups is 2. The Hall–Kier alpha value is -2.88. The second-order valence-corrected chi connectivity index (χ2v) is 12.0. The fraction of sp³-hybridized carbons (Fsp3) is 0.714. The molecule has 1 aliphatic heterocycles. The van der Waals surface area contributed by atoms with Crippen molar-refractivity contribution in [3.63, 3.8) is 0 Å².